The fourth-order valence-electron chi connectivity index (χ4n) is 1.28. The zero-order valence-corrected chi connectivity index (χ0v) is 9.45. The number of rotatable bonds is 1. The van der Waals surface area contributed by atoms with Crippen LogP contribution in [0.5, 0.6) is 0 Å². The first-order valence-electron chi connectivity index (χ1n) is 5.08. The van der Waals surface area contributed by atoms with Gasteiger partial charge in [-0.1, -0.05) is 25.1 Å². The number of halogens is 3. The summed E-state index contributed by atoms with van der Waals surface area (Å²) < 4.78 is 31.7. The van der Waals surface area contributed by atoms with Crippen LogP contribution in [0.3, 0.4) is 0 Å². The first-order valence-corrected chi connectivity index (χ1v) is 5.08. The molecule has 1 aromatic carbocycles. The van der Waals surface area contributed by atoms with E-state index in [2.05, 4.69) is 23.2 Å². The van der Waals surface area contributed by atoms with E-state index in [0.717, 1.165) is 11.9 Å². The standard InChI is InChI=1S/C9H10N2.C2HF3O2/c1-2-8-7-5-3-4-6-9(7)11-10-8;3-2(4,5)1(6)7/h3-6H,2H2,1H3,(H,10,11);(H,6,7). The summed E-state index contributed by atoms with van der Waals surface area (Å²) in [6.07, 6.45) is -4.07. The van der Waals surface area contributed by atoms with E-state index in [1.165, 1.54) is 11.1 Å². The lowest BCUT2D eigenvalue weighted by Gasteiger charge is -1.93. The normalized spacial score (nSPS) is 10.9. The number of aromatic amines is 1. The minimum atomic E-state index is -5.08. The van der Waals surface area contributed by atoms with Gasteiger partial charge >= 0.3 is 12.1 Å². The summed E-state index contributed by atoms with van der Waals surface area (Å²) in [6.45, 7) is 2.12. The molecule has 98 valence electrons. The van der Waals surface area contributed by atoms with Crippen LogP contribution in [0.2, 0.25) is 0 Å². The van der Waals surface area contributed by atoms with Gasteiger partial charge in [-0.2, -0.15) is 18.3 Å². The van der Waals surface area contributed by atoms with E-state index in [1.807, 2.05) is 18.2 Å². The number of aliphatic carboxylic acids is 1. The fourth-order valence-corrected chi connectivity index (χ4v) is 1.28. The van der Waals surface area contributed by atoms with E-state index < -0.39 is 12.1 Å². The number of benzene rings is 1. The van der Waals surface area contributed by atoms with Crippen LogP contribution in [0.15, 0.2) is 24.3 Å². The number of nitrogens with one attached hydrogen (secondary N) is 1. The van der Waals surface area contributed by atoms with Gasteiger partial charge < -0.3 is 5.11 Å². The Kier molecular flexibility index (Phi) is 4.30. The average molecular weight is 260 g/mol. The molecule has 7 heteroatoms. The number of alkyl halides is 3. The Balaban J connectivity index is 0.000000203. The predicted octanol–water partition coefficient (Wildman–Crippen LogP) is 2.76. The summed E-state index contributed by atoms with van der Waals surface area (Å²) in [4.78, 5) is 8.90. The van der Waals surface area contributed by atoms with Gasteiger partial charge in [-0.25, -0.2) is 4.79 Å². The van der Waals surface area contributed by atoms with Gasteiger partial charge in [0.2, 0.25) is 0 Å². The highest BCUT2D eigenvalue weighted by atomic mass is 19.4. The van der Waals surface area contributed by atoms with Gasteiger partial charge in [-0.3, -0.25) is 5.10 Å². The van der Waals surface area contributed by atoms with E-state index in [9.17, 15) is 13.2 Å². The van der Waals surface area contributed by atoms with Gasteiger partial charge in [0.15, 0.2) is 0 Å². The van der Waals surface area contributed by atoms with Gasteiger partial charge in [0.05, 0.1) is 5.52 Å². The maximum Gasteiger partial charge on any atom is 0.490 e. The summed E-state index contributed by atoms with van der Waals surface area (Å²) in [6, 6.07) is 8.16. The van der Waals surface area contributed by atoms with Crippen LogP contribution in [0.25, 0.3) is 10.9 Å². The quantitative estimate of drug-likeness (QED) is 0.828. The Hall–Kier alpha value is -2.05. The van der Waals surface area contributed by atoms with Crippen molar-refractivity contribution in [3.63, 3.8) is 0 Å². The van der Waals surface area contributed by atoms with Crippen LogP contribution in [0, 0.1) is 0 Å². The number of carbonyl (C=O) groups is 1. The highest BCUT2D eigenvalue weighted by molar-refractivity contribution is 5.81. The molecule has 2 N–H and O–H groups in total. The van der Waals surface area contributed by atoms with Crippen molar-refractivity contribution in [3.8, 4) is 0 Å². The molecule has 2 aromatic rings. The van der Waals surface area contributed by atoms with E-state index in [4.69, 9.17) is 9.90 Å². The first kappa shape index (κ1) is 14.0. The number of hydrogen-bond donors (Lipinski definition) is 2. The molecule has 0 amide bonds. The van der Waals surface area contributed by atoms with Gasteiger partial charge in [0, 0.05) is 11.1 Å². The van der Waals surface area contributed by atoms with Crippen LogP contribution in [-0.4, -0.2) is 27.4 Å². The topological polar surface area (TPSA) is 66.0 Å². The van der Waals surface area contributed by atoms with Crippen molar-refractivity contribution in [3.05, 3.63) is 30.0 Å². The third-order valence-electron chi connectivity index (χ3n) is 2.14. The van der Waals surface area contributed by atoms with Gasteiger partial charge in [0.25, 0.3) is 0 Å². The number of H-pyrrole nitrogens is 1. The predicted molar refractivity (Wildman–Crippen MR) is 59.2 cm³/mol. The summed E-state index contributed by atoms with van der Waals surface area (Å²) in [7, 11) is 0. The Labute approximate surface area is 100 Å². The second-order valence-electron chi connectivity index (χ2n) is 3.38. The zero-order valence-electron chi connectivity index (χ0n) is 9.45. The van der Waals surface area contributed by atoms with Crippen molar-refractivity contribution in [1.82, 2.24) is 10.2 Å². The molecular weight excluding hydrogens is 249 g/mol. The molecule has 1 aromatic heterocycles. The molecule has 0 aliphatic heterocycles. The Morgan fingerprint density at radius 1 is 1.39 bits per heavy atom. The number of nitrogens with zero attached hydrogens (tertiary/aromatic N) is 1. The number of fused-ring (bicyclic) bond motifs is 1. The Morgan fingerprint density at radius 2 is 1.94 bits per heavy atom. The number of aromatic nitrogens is 2. The van der Waals surface area contributed by atoms with Crippen molar-refractivity contribution in [2.45, 2.75) is 19.5 Å². The van der Waals surface area contributed by atoms with Crippen LogP contribution >= 0.6 is 0 Å². The highest BCUT2D eigenvalue weighted by Crippen LogP contribution is 2.14. The molecule has 0 saturated heterocycles. The van der Waals surface area contributed by atoms with Gasteiger partial charge in [0.1, 0.15) is 0 Å². The molecule has 0 bridgehead atoms. The van der Waals surface area contributed by atoms with Crippen molar-refractivity contribution in [1.29, 1.82) is 0 Å². The average Bonchev–Trinajstić information content (AvgIpc) is 2.71. The van der Waals surface area contributed by atoms with E-state index in [1.54, 1.807) is 0 Å². The maximum atomic E-state index is 10.6. The molecule has 4 nitrogen and oxygen atoms in total. The smallest absolute Gasteiger partial charge is 0.475 e. The second kappa shape index (κ2) is 5.52. The van der Waals surface area contributed by atoms with Crippen LogP contribution in [-0.2, 0) is 11.2 Å². The number of hydrogen-bond acceptors (Lipinski definition) is 2. The van der Waals surface area contributed by atoms with Crippen LogP contribution in [0.4, 0.5) is 13.2 Å². The molecule has 0 radical (unpaired) electrons. The van der Waals surface area contributed by atoms with E-state index >= 15 is 0 Å². The van der Waals surface area contributed by atoms with E-state index in [-0.39, 0.29) is 0 Å². The molecule has 0 aliphatic carbocycles. The Bertz CT molecular complexity index is 534. The largest absolute Gasteiger partial charge is 0.490 e. The minimum absolute atomic E-state index is 1.01. The molecule has 18 heavy (non-hydrogen) atoms. The molecule has 2 rings (SSSR count). The molecule has 0 aliphatic rings. The lowest BCUT2D eigenvalue weighted by molar-refractivity contribution is -0.192. The summed E-state index contributed by atoms with van der Waals surface area (Å²) in [5, 5.41) is 15.5. The molecule has 0 fully saturated rings. The molecular formula is C11H11F3N2O2. The van der Waals surface area contributed by atoms with Crippen LogP contribution in [0.1, 0.15) is 12.6 Å². The monoisotopic (exact) mass is 260 g/mol. The fraction of sp³-hybridized carbons (Fsp3) is 0.273. The van der Waals surface area contributed by atoms with Gasteiger partial charge in [-0.05, 0) is 12.5 Å². The summed E-state index contributed by atoms with van der Waals surface area (Å²) in [5.74, 6) is -2.76. The lowest BCUT2D eigenvalue weighted by atomic mass is 10.2. The molecule has 0 unspecified atom stereocenters. The molecule has 0 saturated carbocycles. The summed E-state index contributed by atoms with van der Waals surface area (Å²) in [5.41, 5.74) is 2.28. The van der Waals surface area contributed by atoms with Crippen molar-refractivity contribution in [2.24, 2.45) is 0 Å². The lowest BCUT2D eigenvalue weighted by Crippen LogP contribution is -2.21. The molecule has 0 atom stereocenters. The number of para-hydroxylation sites is 1. The number of aryl methyl sites for hydroxylation is 1. The number of carboxylic acids is 1. The molecule has 0 spiro atoms. The number of carboxylic acid groups (broad SMARTS) is 1. The SMILES string of the molecule is CCc1[nH]nc2ccccc12.O=C(O)C(F)(F)F. The Morgan fingerprint density at radius 3 is 2.44 bits per heavy atom. The minimum Gasteiger partial charge on any atom is -0.475 e. The zero-order chi connectivity index (χ0) is 13.8. The highest BCUT2D eigenvalue weighted by Gasteiger charge is 2.38. The summed E-state index contributed by atoms with van der Waals surface area (Å²) >= 11 is 0. The third kappa shape index (κ3) is 3.47. The van der Waals surface area contributed by atoms with Crippen molar-refractivity contribution in [2.75, 3.05) is 0 Å². The van der Waals surface area contributed by atoms with Crippen molar-refractivity contribution >= 4 is 16.9 Å². The van der Waals surface area contributed by atoms with Crippen molar-refractivity contribution < 1.29 is 23.1 Å². The van der Waals surface area contributed by atoms with Crippen LogP contribution < -0.4 is 0 Å². The maximum absolute atomic E-state index is 10.6. The third-order valence-corrected chi connectivity index (χ3v) is 2.14. The second-order valence-corrected chi connectivity index (χ2v) is 3.38. The molecule has 1 heterocycles. The van der Waals surface area contributed by atoms with Gasteiger partial charge in [-0.15, -0.1) is 0 Å². The first-order chi connectivity index (χ1) is 8.36. The van der Waals surface area contributed by atoms with E-state index in [0.29, 0.717) is 0 Å².